The fraction of sp³-hybridized carbons (Fsp3) is 0.600. The average molecular weight is 312 g/mol. The fourth-order valence-electron chi connectivity index (χ4n) is 2.10. The molecule has 0 heterocycles. The Balaban J connectivity index is 1.91. The highest BCUT2D eigenvalue weighted by Gasteiger charge is 2.18. The van der Waals surface area contributed by atoms with Gasteiger partial charge in [-0.15, -0.1) is 0 Å². The van der Waals surface area contributed by atoms with Crippen LogP contribution in [-0.2, 0) is 6.42 Å². The highest BCUT2D eigenvalue weighted by molar-refractivity contribution is 9.10. The SMILES string of the molecule is CCC(N)Cc1ccc(OCC2CCC2)c(Br)c1. The monoisotopic (exact) mass is 311 g/mol. The molecule has 100 valence electrons. The van der Waals surface area contributed by atoms with E-state index in [2.05, 4.69) is 41.1 Å². The van der Waals surface area contributed by atoms with E-state index in [1.807, 2.05) is 0 Å². The summed E-state index contributed by atoms with van der Waals surface area (Å²) in [4.78, 5) is 0. The molecule has 1 aromatic rings. The fourth-order valence-corrected chi connectivity index (χ4v) is 2.64. The zero-order chi connectivity index (χ0) is 13.0. The minimum absolute atomic E-state index is 0.249. The van der Waals surface area contributed by atoms with Crippen LogP contribution in [0.2, 0.25) is 0 Å². The maximum atomic E-state index is 5.97. The quantitative estimate of drug-likeness (QED) is 0.864. The van der Waals surface area contributed by atoms with Gasteiger partial charge in [0.15, 0.2) is 0 Å². The van der Waals surface area contributed by atoms with Gasteiger partial charge in [0.25, 0.3) is 0 Å². The Bertz CT molecular complexity index is 390. The Labute approximate surface area is 118 Å². The Hall–Kier alpha value is -0.540. The van der Waals surface area contributed by atoms with Gasteiger partial charge < -0.3 is 10.5 Å². The summed E-state index contributed by atoms with van der Waals surface area (Å²) in [6.07, 6.45) is 5.95. The van der Waals surface area contributed by atoms with E-state index in [4.69, 9.17) is 10.5 Å². The Morgan fingerprint density at radius 2 is 2.22 bits per heavy atom. The third-order valence-corrected chi connectivity index (χ3v) is 4.34. The summed E-state index contributed by atoms with van der Waals surface area (Å²) in [6, 6.07) is 6.56. The van der Waals surface area contributed by atoms with Crippen LogP contribution < -0.4 is 10.5 Å². The second-order valence-corrected chi connectivity index (χ2v) is 6.10. The first-order valence-corrected chi connectivity index (χ1v) is 7.65. The van der Waals surface area contributed by atoms with Gasteiger partial charge in [0.1, 0.15) is 5.75 Å². The van der Waals surface area contributed by atoms with E-state index >= 15 is 0 Å². The molecule has 1 aliphatic carbocycles. The molecule has 2 N–H and O–H groups in total. The van der Waals surface area contributed by atoms with Crippen LogP contribution in [0.3, 0.4) is 0 Å². The normalized spacial score (nSPS) is 17.3. The van der Waals surface area contributed by atoms with Crippen molar-refractivity contribution < 1.29 is 4.74 Å². The van der Waals surface area contributed by atoms with Gasteiger partial charge in [-0.05, 0) is 65.2 Å². The molecule has 0 spiro atoms. The van der Waals surface area contributed by atoms with Crippen molar-refractivity contribution in [2.75, 3.05) is 6.61 Å². The summed E-state index contributed by atoms with van der Waals surface area (Å²) in [5.41, 5.74) is 7.24. The summed E-state index contributed by atoms with van der Waals surface area (Å²) in [5, 5.41) is 0. The van der Waals surface area contributed by atoms with Gasteiger partial charge in [-0.2, -0.15) is 0 Å². The minimum atomic E-state index is 0.249. The van der Waals surface area contributed by atoms with E-state index < -0.39 is 0 Å². The molecule has 0 radical (unpaired) electrons. The van der Waals surface area contributed by atoms with Crippen LogP contribution in [0.5, 0.6) is 5.75 Å². The van der Waals surface area contributed by atoms with E-state index in [0.717, 1.165) is 35.6 Å². The van der Waals surface area contributed by atoms with E-state index in [0.29, 0.717) is 0 Å². The second kappa shape index (κ2) is 6.58. The Morgan fingerprint density at radius 1 is 1.44 bits per heavy atom. The van der Waals surface area contributed by atoms with Crippen LogP contribution in [0.4, 0.5) is 0 Å². The number of ether oxygens (including phenoxy) is 1. The molecule has 0 bridgehead atoms. The van der Waals surface area contributed by atoms with Crippen LogP contribution >= 0.6 is 15.9 Å². The molecule has 1 saturated carbocycles. The van der Waals surface area contributed by atoms with Crippen molar-refractivity contribution in [3.63, 3.8) is 0 Å². The Kier molecular flexibility index (Phi) is 5.07. The van der Waals surface area contributed by atoms with Gasteiger partial charge in [0.05, 0.1) is 11.1 Å². The standard InChI is InChI=1S/C15H22BrNO/c1-2-13(17)8-12-6-7-15(14(16)9-12)18-10-11-4-3-5-11/h6-7,9,11,13H,2-5,8,10,17H2,1H3. The molecule has 2 rings (SSSR count). The summed E-state index contributed by atoms with van der Waals surface area (Å²) in [6.45, 7) is 2.97. The van der Waals surface area contributed by atoms with Gasteiger partial charge in [0, 0.05) is 6.04 Å². The van der Waals surface area contributed by atoms with Crippen LogP contribution in [-0.4, -0.2) is 12.6 Å². The summed E-state index contributed by atoms with van der Waals surface area (Å²) >= 11 is 3.58. The van der Waals surface area contributed by atoms with Crippen molar-refractivity contribution in [2.45, 2.75) is 45.1 Å². The molecule has 1 aromatic carbocycles. The zero-order valence-electron chi connectivity index (χ0n) is 11.0. The topological polar surface area (TPSA) is 35.2 Å². The molecule has 0 saturated heterocycles. The van der Waals surface area contributed by atoms with Crippen molar-refractivity contribution in [1.82, 2.24) is 0 Å². The first-order chi connectivity index (χ1) is 8.69. The lowest BCUT2D eigenvalue weighted by Crippen LogP contribution is -2.21. The molecule has 0 aliphatic heterocycles. The molecule has 2 nitrogen and oxygen atoms in total. The number of nitrogens with two attached hydrogens (primary N) is 1. The van der Waals surface area contributed by atoms with Crippen LogP contribution in [0.1, 0.15) is 38.2 Å². The van der Waals surface area contributed by atoms with Gasteiger partial charge >= 0.3 is 0 Å². The van der Waals surface area contributed by atoms with E-state index in [-0.39, 0.29) is 6.04 Å². The molecule has 1 atom stereocenters. The van der Waals surface area contributed by atoms with Gasteiger partial charge in [-0.25, -0.2) is 0 Å². The van der Waals surface area contributed by atoms with Crippen LogP contribution in [0.25, 0.3) is 0 Å². The van der Waals surface area contributed by atoms with Crippen molar-refractivity contribution in [1.29, 1.82) is 0 Å². The van der Waals surface area contributed by atoms with Gasteiger partial charge in [-0.1, -0.05) is 19.4 Å². The predicted molar refractivity (Wildman–Crippen MR) is 78.9 cm³/mol. The largest absolute Gasteiger partial charge is 0.492 e. The van der Waals surface area contributed by atoms with Crippen molar-refractivity contribution in [3.8, 4) is 5.75 Å². The maximum absolute atomic E-state index is 5.97. The lowest BCUT2D eigenvalue weighted by Gasteiger charge is -2.25. The highest BCUT2D eigenvalue weighted by Crippen LogP contribution is 2.30. The lowest BCUT2D eigenvalue weighted by atomic mass is 9.86. The molecule has 18 heavy (non-hydrogen) atoms. The molecule has 1 unspecified atom stereocenters. The van der Waals surface area contributed by atoms with Gasteiger partial charge in [-0.3, -0.25) is 0 Å². The third-order valence-electron chi connectivity index (χ3n) is 3.72. The molecule has 0 amide bonds. The number of halogens is 1. The first-order valence-electron chi connectivity index (χ1n) is 6.86. The van der Waals surface area contributed by atoms with Gasteiger partial charge in [0.2, 0.25) is 0 Å². The molecule has 0 aromatic heterocycles. The van der Waals surface area contributed by atoms with E-state index in [9.17, 15) is 0 Å². The zero-order valence-corrected chi connectivity index (χ0v) is 12.6. The molecule has 3 heteroatoms. The molecule has 1 aliphatic rings. The summed E-state index contributed by atoms with van der Waals surface area (Å²) in [7, 11) is 0. The molecular weight excluding hydrogens is 290 g/mol. The highest BCUT2D eigenvalue weighted by atomic mass is 79.9. The van der Waals surface area contributed by atoms with Crippen molar-refractivity contribution in [2.24, 2.45) is 11.7 Å². The number of hydrogen-bond acceptors (Lipinski definition) is 2. The number of hydrogen-bond donors (Lipinski definition) is 1. The van der Waals surface area contributed by atoms with Crippen LogP contribution in [0, 0.1) is 5.92 Å². The summed E-state index contributed by atoms with van der Waals surface area (Å²) in [5.74, 6) is 1.72. The van der Waals surface area contributed by atoms with Crippen molar-refractivity contribution >= 4 is 15.9 Å². The van der Waals surface area contributed by atoms with E-state index in [1.165, 1.54) is 24.8 Å². The third kappa shape index (κ3) is 3.72. The average Bonchev–Trinajstić information content (AvgIpc) is 2.29. The van der Waals surface area contributed by atoms with Crippen LogP contribution in [0.15, 0.2) is 22.7 Å². The number of benzene rings is 1. The minimum Gasteiger partial charge on any atom is -0.492 e. The molecule has 1 fully saturated rings. The maximum Gasteiger partial charge on any atom is 0.133 e. The summed E-state index contributed by atoms with van der Waals surface area (Å²) < 4.78 is 6.89. The first kappa shape index (κ1) is 13.9. The number of rotatable bonds is 6. The Morgan fingerprint density at radius 3 is 2.78 bits per heavy atom. The van der Waals surface area contributed by atoms with Crippen molar-refractivity contribution in [3.05, 3.63) is 28.2 Å². The smallest absolute Gasteiger partial charge is 0.133 e. The lowest BCUT2D eigenvalue weighted by molar-refractivity contribution is 0.180. The second-order valence-electron chi connectivity index (χ2n) is 5.25. The van der Waals surface area contributed by atoms with E-state index in [1.54, 1.807) is 0 Å². The molecular formula is C15H22BrNO. The predicted octanol–water partition coefficient (Wildman–Crippen LogP) is 3.91.